The van der Waals surface area contributed by atoms with E-state index in [0.717, 1.165) is 5.76 Å². The number of rotatable bonds is 5. The molecule has 0 saturated carbocycles. The van der Waals surface area contributed by atoms with Crippen molar-refractivity contribution in [1.82, 2.24) is 19.9 Å². The lowest BCUT2D eigenvalue weighted by atomic mass is 10.3. The predicted molar refractivity (Wildman–Crippen MR) is 69.3 cm³/mol. The first kappa shape index (κ1) is 13.5. The molecule has 0 aliphatic rings. The van der Waals surface area contributed by atoms with Crippen molar-refractivity contribution in [3.8, 4) is 6.01 Å². The van der Waals surface area contributed by atoms with Gasteiger partial charge in [0, 0.05) is 0 Å². The van der Waals surface area contributed by atoms with Crippen molar-refractivity contribution in [2.45, 2.75) is 26.8 Å². The van der Waals surface area contributed by atoms with Crippen molar-refractivity contribution in [2.24, 2.45) is 0 Å². The molecule has 2 rings (SSSR count). The molecule has 102 valence electrons. The zero-order valence-corrected chi connectivity index (χ0v) is 11.6. The SMILES string of the molecule is CCOc1nc(Cl)nc(NC(C)c2ncc(C)o2)n1. The number of nitrogens with one attached hydrogen (secondary N) is 1. The smallest absolute Gasteiger partial charge is 0.322 e. The van der Waals surface area contributed by atoms with Crippen molar-refractivity contribution in [3.63, 3.8) is 0 Å². The number of aromatic nitrogens is 4. The van der Waals surface area contributed by atoms with Gasteiger partial charge in [-0.15, -0.1) is 0 Å². The van der Waals surface area contributed by atoms with Crippen LogP contribution in [0.3, 0.4) is 0 Å². The van der Waals surface area contributed by atoms with Crippen LogP contribution in [-0.2, 0) is 0 Å². The summed E-state index contributed by atoms with van der Waals surface area (Å²) in [6.45, 7) is 6.00. The lowest BCUT2D eigenvalue weighted by Crippen LogP contribution is -2.11. The summed E-state index contributed by atoms with van der Waals surface area (Å²) in [5.41, 5.74) is 0. The van der Waals surface area contributed by atoms with Gasteiger partial charge in [-0.1, -0.05) is 0 Å². The van der Waals surface area contributed by atoms with E-state index in [1.54, 1.807) is 6.20 Å². The Morgan fingerprint density at radius 3 is 2.84 bits per heavy atom. The normalized spacial score (nSPS) is 12.2. The van der Waals surface area contributed by atoms with E-state index in [0.29, 0.717) is 18.4 Å². The molecule has 0 aromatic carbocycles. The van der Waals surface area contributed by atoms with Gasteiger partial charge in [-0.2, -0.15) is 15.0 Å². The number of nitrogens with zero attached hydrogens (tertiary/aromatic N) is 4. The zero-order chi connectivity index (χ0) is 13.8. The summed E-state index contributed by atoms with van der Waals surface area (Å²) in [7, 11) is 0. The fraction of sp³-hybridized carbons (Fsp3) is 0.455. The number of ether oxygens (including phenoxy) is 1. The van der Waals surface area contributed by atoms with E-state index in [4.69, 9.17) is 20.8 Å². The lowest BCUT2D eigenvalue weighted by molar-refractivity contribution is 0.311. The molecule has 0 fully saturated rings. The number of hydrogen-bond donors (Lipinski definition) is 1. The molecule has 0 spiro atoms. The van der Waals surface area contributed by atoms with Crippen LogP contribution in [0, 0.1) is 6.92 Å². The second-order valence-corrected chi connectivity index (χ2v) is 4.16. The molecule has 8 heteroatoms. The molecule has 1 N–H and O–H groups in total. The van der Waals surface area contributed by atoms with E-state index in [1.807, 2.05) is 20.8 Å². The first-order valence-corrected chi connectivity index (χ1v) is 6.19. The molecule has 0 radical (unpaired) electrons. The van der Waals surface area contributed by atoms with Crippen LogP contribution in [0.25, 0.3) is 0 Å². The maximum absolute atomic E-state index is 5.80. The number of halogens is 1. The minimum Gasteiger partial charge on any atom is -0.464 e. The third-order valence-electron chi connectivity index (χ3n) is 2.22. The van der Waals surface area contributed by atoms with Crippen LogP contribution in [0.2, 0.25) is 5.28 Å². The largest absolute Gasteiger partial charge is 0.464 e. The van der Waals surface area contributed by atoms with Gasteiger partial charge in [0.25, 0.3) is 0 Å². The molecule has 2 aromatic heterocycles. The average Bonchev–Trinajstić information content (AvgIpc) is 2.75. The Morgan fingerprint density at radius 1 is 1.42 bits per heavy atom. The van der Waals surface area contributed by atoms with Crippen LogP contribution in [-0.4, -0.2) is 26.5 Å². The molecule has 2 aromatic rings. The Balaban J connectivity index is 2.14. The molecule has 1 atom stereocenters. The highest BCUT2D eigenvalue weighted by atomic mass is 35.5. The molecule has 1 unspecified atom stereocenters. The van der Waals surface area contributed by atoms with Crippen LogP contribution >= 0.6 is 11.6 Å². The summed E-state index contributed by atoms with van der Waals surface area (Å²) in [4.78, 5) is 16.0. The topological polar surface area (TPSA) is 86.0 Å². The van der Waals surface area contributed by atoms with Crippen LogP contribution in [0.4, 0.5) is 5.95 Å². The lowest BCUT2D eigenvalue weighted by Gasteiger charge is -2.10. The summed E-state index contributed by atoms with van der Waals surface area (Å²) in [6.07, 6.45) is 1.65. The van der Waals surface area contributed by atoms with Gasteiger partial charge in [-0.25, -0.2) is 4.98 Å². The molecule has 0 bridgehead atoms. The van der Waals surface area contributed by atoms with Crippen molar-refractivity contribution in [1.29, 1.82) is 0 Å². The van der Waals surface area contributed by atoms with Crippen LogP contribution in [0.1, 0.15) is 31.5 Å². The van der Waals surface area contributed by atoms with E-state index in [2.05, 4.69) is 25.3 Å². The maximum atomic E-state index is 5.80. The van der Waals surface area contributed by atoms with Crippen molar-refractivity contribution >= 4 is 17.5 Å². The quantitative estimate of drug-likeness (QED) is 0.901. The predicted octanol–water partition coefficient (Wildman–Crippen LogP) is 2.39. The first-order chi connectivity index (χ1) is 9.08. The maximum Gasteiger partial charge on any atom is 0.322 e. The van der Waals surface area contributed by atoms with E-state index < -0.39 is 0 Å². The Labute approximate surface area is 115 Å². The van der Waals surface area contributed by atoms with Crippen molar-refractivity contribution in [2.75, 3.05) is 11.9 Å². The molecule has 19 heavy (non-hydrogen) atoms. The fourth-order valence-electron chi connectivity index (χ4n) is 1.42. The Kier molecular flexibility index (Phi) is 4.16. The minimum absolute atomic E-state index is 0.0664. The van der Waals surface area contributed by atoms with E-state index >= 15 is 0 Å². The summed E-state index contributed by atoms with van der Waals surface area (Å²) in [5.74, 6) is 1.60. The van der Waals surface area contributed by atoms with E-state index in [-0.39, 0.29) is 17.3 Å². The van der Waals surface area contributed by atoms with Crippen LogP contribution < -0.4 is 10.1 Å². The zero-order valence-electron chi connectivity index (χ0n) is 10.8. The summed E-state index contributed by atoms with van der Waals surface area (Å²) in [5, 5.41) is 3.09. The monoisotopic (exact) mass is 283 g/mol. The van der Waals surface area contributed by atoms with Gasteiger partial charge >= 0.3 is 6.01 Å². The average molecular weight is 284 g/mol. The summed E-state index contributed by atoms with van der Waals surface area (Å²) < 4.78 is 10.6. The van der Waals surface area contributed by atoms with Crippen LogP contribution in [0.5, 0.6) is 6.01 Å². The number of oxazole rings is 1. The molecule has 0 amide bonds. The van der Waals surface area contributed by atoms with Gasteiger partial charge in [0.2, 0.25) is 17.1 Å². The second-order valence-electron chi connectivity index (χ2n) is 3.82. The Bertz CT molecular complexity index is 560. The number of aryl methyl sites for hydroxylation is 1. The standard InChI is InChI=1S/C11H14ClN5O2/c1-4-18-11-16-9(12)15-10(17-11)14-7(3)8-13-5-6(2)19-8/h5,7H,4H2,1-3H3,(H,14,15,16,17). The molecule has 0 aliphatic heterocycles. The van der Waals surface area contributed by atoms with Gasteiger partial charge < -0.3 is 14.5 Å². The van der Waals surface area contributed by atoms with Crippen LogP contribution in [0.15, 0.2) is 10.6 Å². The van der Waals surface area contributed by atoms with Gasteiger partial charge in [-0.05, 0) is 32.4 Å². The van der Waals surface area contributed by atoms with Gasteiger partial charge in [-0.3, -0.25) is 0 Å². The first-order valence-electron chi connectivity index (χ1n) is 5.81. The van der Waals surface area contributed by atoms with Gasteiger partial charge in [0.15, 0.2) is 0 Å². The minimum atomic E-state index is -0.193. The molecule has 7 nitrogen and oxygen atoms in total. The van der Waals surface area contributed by atoms with Crippen molar-refractivity contribution < 1.29 is 9.15 Å². The molecule has 0 saturated heterocycles. The van der Waals surface area contributed by atoms with Crippen molar-refractivity contribution in [3.05, 3.63) is 23.1 Å². The molecular formula is C11H14ClN5O2. The molecule has 2 heterocycles. The third-order valence-corrected chi connectivity index (χ3v) is 2.39. The fourth-order valence-corrected chi connectivity index (χ4v) is 1.57. The Morgan fingerprint density at radius 2 is 2.21 bits per heavy atom. The van der Waals surface area contributed by atoms with E-state index in [9.17, 15) is 0 Å². The third kappa shape index (κ3) is 3.54. The number of anilines is 1. The summed E-state index contributed by atoms with van der Waals surface area (Å²) >= 11 is 5.80. The molecular weight excluding hydrogens is 270 g/mol. The van der Waals surface area contributed by atoms with Gasteiger partial charge in [0.05, 0.1) is 12.8 Å². The highest BCUT2D eigenvalue weighted by Gasteiger charge is 2.14. The highest BCUT2D eigenvalue weighted by molar-refractivity contribution is 6.28. The highest BCUT2D eigenvalue weighted by Crippen LogP contribution is 2.18. The Hall–Kier alpha value is -1.89. The second kappa shape index (κ2) is 5.83. The van der Waals surface area contributed by atoms with E-state index in [1.165, 1.54) is 0 Å². The van der Waals surface area contributed by atoms with Gasteiger partial charge in [0.1, 0.15) is 11.8 Å². The number of hydrogen-bond acceptors (Lipinski definition) is 7. The molecule has 0 aliphatic carbocycles. The summed E-state index contributed by atoms with van der Waals surface area (Å²) in [6, 6.07) is -0.0116.